The zero-order chi connectivity index (χ0) is 18.1. The second kappa shape index (κ2) is 7.06. The third kappa shape index (κ3) is 3.97. The Balaban J connectivity index is 1.73. The van der Waals surface area contributed by atoms with Crippen LogP contribution in [-0.4, -0.2) is 18.4 Å². The molecule has 0 bridgehead atoms. The van der Waals surface area contributed by atoms with Gasteiger partial charge in [0.1, 0.15) is 0 Å². The van der Waals surface area contributed by atoms with Gasteiger partial charge in [-0.25, -0.2) is 0 Å². The molecule has 1 aliphatic heterocycles. The fraction of sp³-hybridized carbons (Fsp3) is 0.263. The van der Waals surface area contributed by atoms with E-state index in [0.29, 0.717) is 22.3 Å². The molecule has 1 heterocycles. The standard InChI is InChI=1S/C19H18Cl2N2O2/c1-11-5-12(2)7-15(6-11)23-10-13(8-18(23)24)19(25)22-14-3-4-16(20)17(21)9-14/h3-7,9,13H,8,10H2,1-2H3,(H,22,25). The molecule has 2 aromatic carbocycles. The number of hydrogen-bond donors (Lipinski definition) is 1. The van der Waals surface area contributed by atoms with Crippen LogP contribution in [0.4, 0.5) is 11.4 Å². The number of anilines is 2. The Morgan fingerprint density at radius 3 is 2.40 bits per heavy atom. The number of nitrogens with zero attached hydrogens (tertiary/aromatic N) is 1. The van der Waals surface area contributed by atoms with Gasteiger partial charge in [0.2, 0.25) is 11.8 Å². The van der Waals surface area contributed by atoms with E-state index in [4.69, 9.17) is 23.2 Å². The lowest BCUT2D eigenvalue weighted by molar-refractivity contribution is -0.122. The van der Waals surface area contributed by atoms with Crippen molar-refractivity contribution in [3.63, 3.8) is 0 Å². The topological polar surface area (TPSA) is 49.4 Å². The SMILES string of the molecule is Cc1cc(C)cc(N2CC(C(=O)Nc3ccc(Cl)c(Cl)c3)CC2=O)c1. The average molecular weight is 377 g/mol. The van der Waals surface area contributed by atoms with Gasteiger partial charge < -0.3 is 10.2 Å². The molecule has 1 saturated heterocycles. The van der Waals surface area contributed by atoms with E-state index in [1.807, 2.05) is 26.0 Å². The molecule has 1 N–H and O–H groups in total. The van der Waals surface area contributed by atoms with Gasteiger partial charge in [0.25, 0.3) is 0 Å². The third-order valence-electron chi connectivity index (χ3n) is 4.20. The van der Waals surface area contributed by atoms with Crippen molar-refractivity contribution in [1.82, 2.24) is 0 Å². The van der Waals surface area contributed by atoms with Crippen LogP contribution in [0.1, 0.15) is 17.5 Å². The quantitative estimate of drug-likeness (QED) is 0.850. The number of halogens is 2. The summed E-state index contributed by atoms with van der Waals surface area (Å²) < 4.78 is 0. The predicted molar refractivity (Wildman–Crippen MR) is 101 cm³/mol. The second-order valence-corrected chi connectivity index (χ2v) is 7.18. The summed E-state index contributed by atoms with van der Waals surface area (Å²) in [5, 5.41) is 3.61. The number of carbonyl (C=O) groups excluding carboxylic acids is 2. The summed E-state index contributed by atoms with van der Waals surface area (Å²) in [7, 11) is 0. The van der Waals surface area contributed by atoms with Gasteiger partial charge in [-0.2, -0.15) is 0 Å². The van der Waals surface area contributed by atoms with Crippen molar-refractivity contribution in [1.29, 1.82) is 0 Å². The molecule has 1 fully saturated rings. The number of amides is 2. The lowest BCUT2D eigenvalue weighted by Crippen LogP contribution is -2.28. The van der Waals surface area contributed by atoms with Crippen LogP contribution in [0.5, 0.6) is 0 Å². The van der Waals surface area contributed by atoms with Crippen LogP contribution in [0.2, 0.25) is 10.0 Å². The zero-order valence-electron chi connectivity index (χ0n) is 14.0. The summed E-state index contributed by atoms with van der Waals surface area (Å²) in [6.07, 6.45) is 0.195. The minimum Gasteiger partial charge on any atom is -0.326 e. The van der Waals surface area contributed by atoms with Gasteiger partial charge in [0, 0.05) is 24.3 Å². The smallest absolute Gasteiger partial charge is 0.229 e. The fourth-order valence-corrected chi connectivity index (χ4v) is 3.36. The number of nitrogens with one attached hydrogen (secondary N) is 1. The summed E-state index contributed by atoms with van der Waals surface area (Å²) in [6, 6.07) is 10.9. The van der Waals surface area contributed by atoms with Crippen LogP contribution in [0.25, 0.3) is 0 Å². The van der Waals surface area contributed by atoms with Crippen molar-refractivity contribution in [3.05, 3.63) is 57.6 Å². The van der Waals surface area contributed by atoms with Crippen molar-refractivity contribution in [2.45, 2.75) is 20.3 Å². The highest BCUT2D eigenvalue weighted by Crippen LogP contribution is 2.29. The Bertz CT molecular complexity index is 831. The van der Waals surface area contributed by atoms with Gasteiger partial charge in [-0.1, -0.05) is 29.3 Å². The fourth-order valence-electron chi connectivity index (χ4n) is 3.06. The minimum atomic E-state index is -0.400. The van der Waals surface area contributed by atoms with E-state index in [-0.39, 0.29) is 18.2 Å². The molecule has 0 radical (unpaired) electrons. The summed E-state index contributed by atoms with van der Waals surface area (Å²) in [6.45, 7) is 4.35. The highest BCUT2D eigenvalue weighted by atomic mass is 35.5. The van der Waals surface area contributed by atoms with Gasteiger partial charge in [-0.3, -0.25) is 9.59 Å². The number of benzene rings is 2. The van der Waals surface area contributed by atoms with Crippen molar-refractivity contribution in [2.24, 2.45) is 5.92 Å². The molecule has 0 saturated carbocycles. The van der Waals surface area contributed by atoms with Crippen LogP contribution in [0.15, 0.2) is 36.4 Å². The van der Waals surface area contributed by atoms with Crippen molar-refractivity contribution in [2.75, 3.05) is 16.8 Å². The van der Waals surface area contributed by atoms with Gasteiger partial charge in [-0.05, 0) is 55.3 Å². The Hall–Kier alpha value is -2.04. The molecule has 0 spiro atoms. The highest BCUT2D eigenvalue weighted by molar-refractivity contribution is 6.42. The van der Waals surface area contributed by atoms with Crippen LogP contribution < -0.4 is 10.2 Å². The van der Waals surface area contributed by atoms with E-state index >= 15 is 0 Å². The molecular formula is C19H18Cl2N2O2. The van der Waals surface area contributed by atoms with Crippen molar-refractivity contribution < 1.29 is 9.59 Å². The first-order valence-electron chi connectivity index (χ1n) is 7.98. The summed E-state index contributed by atoms with van der Waals surface area (Å²) in [5.74, 6) is -0.638. The molecule has 1 aliphatic rings. The van der Waals surface area contributed by atoms with Crippen LogP contribution in [0.3, 0.4) is 0 Å². The van der Waals surface area contributed by atoms with E-state index in [0.717, 1.165) is 16.8 Å². The van der Waals surface area contributed by atoms with Crippen molar-refractivity contribution in [3.8, 4) is 0 Å². The lowest BCUT2D eigenvalue weighted by atomic mass is 10.1. The van der Waals surface area contributed by atoms with E-state index in [1.165, 1.54) is 0 Å². The number of hydrogen-bond acceptors (Lipinski definition) is 2. The molecule has 4 nitrogen and oxygen atoms in total. The first-order chi connectivity index (χ1) is 11.8. The lowest BCUT2D eigenvalue weighted by Gasteiger charge is -2.18. The van der Waals surface area contributed by atoms with E-state index in [9.17, 15) is 9.59 Å². The number of carbonyl (C=O) groups is 2. The summed E-state index contributed by atoms with van der Waals surface area (Å²) in [5.41, 5.74) is 3.59. The number of rotatable bonds is 3. The summed E-state index contributed by atoms with van der Waals surface area (Å²) in [4.78, 5) is 26.6. The summed E-state index contributed by atoms with van der Waals surface area (Å²) >= 11 is 11.8. The van der Waals surface area contributed by atoms with Gasteiger partial charge in [-0.15, -0.1) is 0 Å². The maximum absolute atomic E-state index is 12.5. The van der Waals surface area contributed by atoms with E-state index in [1.54, 1.807) is 23.1 Å². The Morgan fingerprint density at radius 2 is 1.76 bits per heavy atom. The van der Waals surface area contributed by atoms with E-state index in [2.05, 4.69) is 11.4 Å². The number of aryl methyl sites for hydroxylation is 2. The van der Waals surface area contributed by atoms with Crippen LogP contribution in [-0.2, 0) is 9.59 Å². The average Bonchev–Trinajstić information content (AvgIpc) is 2.92. The molecule has 1 unspecified atom stereocenters. The molecule has 25 heavy (non-hydrogen) atoms. The molecule has 0 aliphatic carbocycles. The first kappa shape index (κ1) is 17.8. The maximum atomic E-state index is 12.5. The minimum absolute atomic E-state index is 0.0423. The first-order valence-corrected chi connectivity index (χ1v) is 8.73. The molecule has 0 aromatic heterocycles. The predicted octanol–water partition coefficient (Wildman–Crippen LogP) is 4.60. The maximum Gasteiger partial charge on any atom is 0.229 e. The van der Waals surface area contributed by atoms with Gasteiger partial charge in [0.05, 0.1) is 16.0 Å². The van der Waals surface area contributed by atoms with Crippen molar-refractivity contribution >= 4 is 46.4 Å². The Morgan fingerprint density at radius 1 is 1.08 bits per heavy atom. The monoisotopic (exact) mass is 376 g/mol. The molecule has 3 rings (SSSR count). The van der Waals surface area contributed by atoms with E-state index < -0.39 is 5.92 Å². The molecule has 2 aromatic rings. The second-order valence-electron chi connectivity index (χ2n) is 6.37. The van der Waals surface area contributed by atoms with Crippen LogP contribution in [0, 0.1) is 19.8 Å². The van der Waals surface area contributed by atoms with Gasteiger partial charge >= 0.3 is 0 Å². The molecular weight excluding hydrogens is 359 g/mol. The van der Waals surface area contributed by atoms with Crippen LogP contribution >= 0.6 is 23.2 Å². The molecule has 1 atom stereocenters. The third-order valence-corrected chi connectivity index (χ3v) is 4.94. The Labute approximate surface area is 156 Å². The highest BCUT2D eigenvalue weighted by Gasteiger charge is 2.35. The largest absolute Gasteiger partial charge is 0.326 e. The molecule has 6 heteroatoms. The Kier molecular flexibility index (Phi) is 5.02. The molecule has 2 amide bonds. The normalized spacial score (nSPS) is 17.0. The van der Waals surface area contributed by atoms with Gasteiger partial charge in [0.15, 0.2) is 0 Å². The molecule has 130 valence electrons. The zero-order valence-corrected chi connectivity index (χ0v) is 15.5.